The van der Waals surface area contributed by atoms with Gasteiger partial charge >= 0.3 is 0 Å². The molecule has 9 nitrogen and oxygen atoms in total. The van der Waals surface area contributed by atoms with E-state index in [-0.39, 0.29) is 16.8 Å². The highest BCUT2D eigenvalue weighted by atomic mass is 32.2. The Hall–Kier alpha value is -3.76. The normalized spacial score (nSPS) is 18.9. The highest BCUT2D eigenvalue weighted by Crippen LogP contribution is 2.44. The summed E-state index contributed by atoms with van der Waals surface area (Å²) in [5, 5.41) is 1.04. The number of aromatic nitrogens is 3. The van der Waals surface area contributed by atoms with Gasteiger partial charge in [-0.25, -0.2) is 18.4 Å². The maximum absolute atomic E-state index is 13.8. The number of hydrogen-bond acceptors (Lipinski definition) is 7. The minimum absolute atomic E-state index is 0.116. The number of fused-ring (bicyclic) bond motifs is 2. The van der Waals surface area contributed by atoms with E-state index in [1.165, 1.54) is 12.1 Å². The third kappa shape index (κ3) is 4.28. The van der Waals surface area contributed by atoms with Crippen molar-refractivity contribution in [3.8, 4) is 11.4 Å². The van der Waals surface area contributed by atoms with Crippen LogP contribution in [0.5, 0.6) is 0 Å². The zero-order valence-corrected chi connectivity index (χ0v) is 23.2. The number of carbonyl (C=O) groups excluding carboxylic acids is 1. The Morgan fingerprint density at radius 3 is 2.59 bits per heavy atom. The average molecular weight is 546 g/mol. The summed E-state index contributed by atoms with van der Waals surface area (Å²) in [6, 6.07) is 14.3. The van der Waals surface area contributed by atoms with Crippen molar-refractivity contribution in [3.63, 3.8) is 0 Å². The first kappa shape index (κ1) is 25.5. The Balaban J connectivity index is 1.47. The molecule has 1 fully saturated rings. The number of anilines is 1. The summed E-state index contributed by atoms with van der Waals surface area (Å²) in [5.41, 5.74) is 3.38. The smallest absolute Gasteiger partial charge is 0.254 e. The third-order valence-corrected chi connectivity index (χ3v) is 8.93. The quantitative estimate of drug-likeness (QED) is 0.411. The number of H-pyrrole nitrogens is 1. The lowest BCUT2D eigenvalue weighted by molar-refractivity contribution is 0.0570. The molecular formula is C29H31N5O4S. The van der Waals surface area contributed by atoms with Crippen molar-refractivity contribution in [3.05, 3.63) is 71.5 Å². The Morgan fingerprint density at radius 2 is 1.87 bits per heavy atom. The standard InChI is InChI=1S/C29H31N5O4S/c1-18-17-38-15-14-33(18)27-23-16-34(28(35)19-8-10-20(11-9-19)39(4,36)37)29(2,3)25(23)31-26(32-27)22-6-5-7-24-21(22)12-13-30-24/h5-13,18,30H,14-17H2,1-4H3/t18-/m1/s1. The van der Waals surface area contributed by atoms with E-state index in [0.717, 1.165) is 39.8 Å². The predicted molar refractivity (Wildman–Crippen MR) is 149 cm³/mol. The molecular weight excluding hydrogens is 514 g/mol. The van der Waals surface area contributed by atoms with Gasteiger partial charge in [0, 0.05) is 46.6 Å². The topological polar surface area (TPSA) is 108 Å². The van der Waals surface area contributed by atoms with Crippen molar-refractivity contribution in [2.45, 2.75) is 43.8 Å². The summed E-state index contributed by atoms with van der Waals surface area (Å²) < 4.78 is 29.6. The summed E-state index contributed by atoms with van der Waals surface area (Å²) in [4.78, 5) is 31.6. The molecule has 4 aromatic rings. The van der Waals surface area contributed by atoms with Crippen LogP contribution in [0.25, 0.3) is 22.3 Å². The Bertz CT molecular complexity index is 1690. The van der Waals surface area contributed by atoms with Gasteiger partial charge in [0.05, 0.1) is 41.9 Å². The number of carbonyl (C=O) groups is 1. The predicted octanol–water partition coefficient (Wildman–Crippen LogP) is 4.14. The van der Waals surface area contributed by atoms with Gasteiger partial charge in [-0.15, -0.1) is 0 Å². The molecule has 2 aliphatic rings. The molecule has 1 atom stereocenters. The van der Waals surface area contributed by atoms with Crippen molar-refractivity contribution in [2.75, 3.05) is 30.9 Å². The maximum atomic E-state index is 13.8. The van der Waals surface area contributed by atoms with E-state index in [4.69, 9.17) is 14.7 Å². The number of benzene rings is 2. The van der Waals surface area contributed by atoms with Gasteiger partial charge in [-0.3, -0.25) is 4.79 Å². The molecule has 1 N–H and O–H groups in total. The molecule has 10 heteroatoms. The minimum Gasteiger partial charge on any atom is -0.377 e. The van der Waals surface area contributed by atoms with Crippen LogP contribution in [0.2, 0.25) is 0 Å². The van der Waals surface area contributed by atoms with Crippen LogP contribution in [0.4, 0.5) is 5.82 Å². The van der Waals surface area contributed by atoms with Crippen LogP contribution in [0.3, 0.4) is 0 Å². The lowest BCUT2D eigenvalue weighted by atomic mass is 9.98. The minimum atomic E-state index is -3.36. The van der Waals surface area contributed by atoms with Crippen LogP contribution >= 0.6 is 0 Å². The lowest BCUT2D eigenvalue weighted by Crippen LogP contribution is -2.44. The molecule has 1 saturated heterocycles. The summed E-state index contributed by atoms with van der Waals surface area (Å²) >= 11 is 0. The van der Waals surface area contributed by atoms with Crippen LogP contribution in [-0.2, 0) is 26.7 Å². The van der Waals surface area contributed by atoms with Gasteiger partial charge in [0.15, 0.2) is 15.7 Å². The van der Waals surface area contributed by atoms with Crippen LogP contribution in [0.15, 0.2) is 59.6 Å². The van der Waals surface area contributed by atoms with E-state index in [9.17, 15) is 13.2 Å². The van der Waals surface area contributed by atoms with Crippen molar-refractivity contribution >= 4 is 32.5 Å². The molecule has 0 radical (unpaired) electrons. The Labute approximate surface area is 227 Å². The summed E-state index contributed by atoms with van der Waals surface area (Å²) in [6.45, 7) is 8.36. The number of rotatable bonds is 4. The average Bonchev–Trinajstić information content (AvgIpc) is 3.50. The van der Waals surface area contributed by atoms with Crippen molar-refractivity contribution in [1.29, 1.82) is 0 Å². The van der Waals surface area contributed by atoms with E-state index in [2.05, 4.69) is 16.8 Å². The molecule has 0 spiro atoms. The van der Waals surface area contributed by atoms with Crippen molar-refractivity contribution in [2.24, 2.45) is 0 Å². The maximum Gasteiger partial charge on any atom is 0.254 e. The van der Waals surface area contributed by atoms with Crippen molar-refractivity contribution in [1.82, 2.24) is 19.9 Å². The second-order valence-electron chi connectivity index (χ2n) is 10.8. The molecule has 2 aromatic carbocycles. The summed E-state index contributed by atoms with van der Waals surface area (Å²) in [7, 11) is -3.36. The number of hydrogen-bond donors (Lipinski definition) is 1. The highest BCUT2D eigenvalue weighted by molar-refractivity contribution is 7.90. The molecule has 202 valence electrons. The number of sulfone groups is 1. The molecule has 2 aromatic heterocycles. The fourth-order valence-electron chi connectivity index (χ4n) is 5.61. The fourth-order valence-corrected chi connectivity index (χ4v) is 6.24. The first-order valence-corrected chi connectivity index (χ1v) is 14.9. The molecule has 6 rings (SSSR count). The molecule has 2 aliphatic heterocycles. The highest BCUT2D eigenvalue weighted by Gasteiger charge is 2.45. The fraction of sp³-hybridized carbons (Fsp3) is 0.345. The molecule has 0 bridgehead atoms. The number of nitrogens with zero attached hydrogens (tertiary/aromatic N) is 4. The van der Waals surface area contributed by atoms with Crippen molar-refractivity contribution < 1.29 is 17.9 Å². The van der Waals surface area contributed by atoms with Crippen LogP contribution in [0.1, 0.15) is 42.4 Å². The molecule has 4 heterocycles. The van der Waals surface area contributed by atoms with E-state index < -0.39 is 15.4 Å². The van der Waals surface area contributed by atoms with Crippen LogP contribution in [0, 0.1) is 0 Å². The number of morpholine rings is 1. The van der Waals surface area contributed by atoms with Gasteiger partial charge in [-0.2, -0.15) is 0 Å². The first-order chi connectivity index (χ1) is 18.6. The molecule has 1 amide bonds. The monoisotopic (exact) mass is 545 g/mol. The van der Waals surface area contributed by atoms with E-state index in [1.807, 2.05) is 44.3 Å². The Morgan fingerprint density at radius 1 is 1.10 bits per heavy atom. The second-order valence-corrected chi connectivity index (χ2v) is 12.8. The lowest BCUT2D eigenvalue weighted by Gasteiger charge is -2.35. The van der Waals surface area contributed by atoms with Gasteiger partial charge < -0.3 is 19.5 Å². The SMILES string of the molecule is C[C@@H]1COCCN1c1nc(-c2cccc3[nH]ccc23)nc2c1CN(C(=O)c1ccc(S(C)(=O)=O)cc1)C2(C)C. The molecule has 0 aliphatic carbocycles. The number of nitrogens with one attached hydrogen (secondary N) is 1. The zero-order valence-electron chi connectivity index (χ0n) is 22.4. The van der Waals surface area contributed by atoms with Crippen LogP contribution < -0.4 is 4.90 Å². The largest absolute Gasteiger partial charge is 0.377 e. The van der Waals surface area contributed by atoms with Gasteiger partial charge in [-0.1, -0.05) is 12.1 Å². The van der Waals surface area contributed by atoms with Gasteiger partial charge in [-0.05, 0) is 57.2 Å². The van der Waals surface area contributed by atoms with E-state index in [1.54, 1.807) is 17.0 Å². The zero-order chi connectivity index (χ0) is 27.5. The molecule has 0 saturated carbocycles. The Kier molecular flexibility index (Phi) is 6.00. The van der Waals surface area contributed by atoms with E-state index in [0.29, 0.717) is 37.7 Å². The molecule has 0 unspecified atom stereocenters. The van der Waals surface area contributed by atoms with Gasteiger partial charge in [0.25, 0.3) is 5.91 Å². The van der Waals surface area contributed by atoms with E-state index >= 15 is 0 Å². The first-order valence-electron chi connectivity index (χ1n) is 13.0. The summed E-state index contributed by atoms with van der Waals surface area (Å²) in [6.07, 6.45) is 3.06. The number of aromatic amines is 1. The second kappa shape index (κ2) is 9.17. The van der Waals surface area contributed by atoms with Crippen LogP contribution in [-0.4, -0.2) is 66.2 Å². The third-order valence-electron chi connectivity index (χ3n) is 7.81. The summed E-state index contributed by atoms with van der Waals surface area (Å²) in [5.74, 6) is 1.26. The molecule has 39 heavy (non-hydrogen) atoms. The van der Waals surface area contributed by atoms with Gasteiger partial charge in [0.1, 0.15) is 5.82 Å². The van der Waals surface area contributed by atoms with Gasteiger partial charge in [0.2, 0.25) is 0 Å². The number of ether oxygens (including phenoxy) is 1. The number of amides is 1.